The Kier molecular flexibility index (Phi) is 9.24. The summed E-state index contributed by atoms with van der Waals surface area (Å²) in [6, 6.07) is 7.71. The molecule has 2 heterocycles. The number of nitrogens with zero attached hydrogens (tertiary/aromatic N) is 2. The summed E-state index contributed by atoms with van der Waals surface area (Å²) in [6.07, 6.45) is 1.82. The Hall–Kier alpha value is -2.26. The second-order valence-corrected chi connectivity index (χ2v) is 10.5. The molecule has 0 saturated carbocycles. The molecule has 0 spiro atoms. The molecule has 34 heavy (non-hydrogen) atoms. The van der Waals surface area contributed by atoms with Crippen LogP contribution in [0.4, 0.5) is 4.39 Å². The summed E-state index contributed by atoms with van der Waals surface area (Å²) >= 11 is 1.69. The van der Waals surface area contributed by atoms with Crippen molar-refractivity contribution in [3.05, 3.63) is 64.6 Å². The van der Waals surface area contributed by atoms with Crippen LogP contribution >= 0.6 is 11.3 Å². The van der Waals surface area contributed by atoms with E-state index >= 15 is 0 Å². The first kappa shape index (κ1) is 26.3. The van der Waals surface area contributed by atoms with Crippen LogP contribution in [0.25, 0.3) is 0 Å². The van der Waals surface area contributed by atoms with Gasteiger partial charge in [-0.3, -0.25) is 9.69 Å². The van der Waals surface area contributed by atoms with Crippen LogP contribution in [-0.4, -0.2) is 71.9 Å². The number of rotatable bonds is 11. The maximum absolute atomic E-state index is 13.4. The minimum atomic E-state index is -0.714. The number of halogens is 1. The Morgan fingerprint density at radius 2 is 2.09 bits per heavy atom. The van der Waals surface area contributed by atoms with Crippen LogP contribution in [0, 0.1) is 5.82 Å². The Morgan fingerprint density at radius 1 is 1.35 bits per heavy atom. The van der Waals surface area contributed by atoms with Gasteiger partial charge < -0.3 is 19.5 Å². The smallest absolute Gasteiger partial charge is 0.237 e. The van der Waals surface area contributed by atoms with Gasteiger partial charge in [0.25, 0.3) is 0 Å². The minimum Gasteiger partial charge on any atom is -0.491 e. The van der Waals surface area contributed by atoms with E-state index in [4.69, 9.17) is 9.47 Å². The number of amides is 1. The van der Waals surface area contributed by atoms with Crippen molar-refractivity contribution in [2.75, 3.05) is 39.4 Å². The topological polar surface area (TPSA) is 62.2 Å². The average Bonchev–Trinajstić information content (AvgIpc) is 3.26. The number of ether oxygens (including phenoxy) is 2. The van der Waals surface area contributed by atoms with E-state index in [0.717, 1.165) is 12.0 Å². The van der Waals surface area contributed by atoms with Gasteiger partial charge in [-0.05, 0) is 68.5 Å². The number of hydrogen-bond acceptors (Lipinski definition) is 6. The largest absolute Gasteiger partial charge is 0.491 e. The van der Waals surface area contributed by atoms with E-state index in [-0.39, 0.29) is 43.1 Å². The molecule has 2 aromatic rings. The van der Waals surface area contributed by atoms with Crippen LogP contribution in [0.3, 0.4) is 0 Å². The highest BCUT2D eigenvalue weighted by Crippen LogP contribution is 2.34. The molecule has 0 fully saturated rings. The van der Waals surface area contributed by atoms with E-state index in [1.54, 1.807) is 29.5 Å². The third kappa shape index (κ3) is 7.63. The molecule has 0 saturated heterocycles. The van der Waals surface area contributed by atoms with Gasteiger partial charge in [0.1, 0.15) is 18.2 Å². The first-order chi connectivity index (χ1) is 16.2. The van der Waals surface area contributed by atoms with E-state index in [0.29, 0.717) is 25.4 Å². The van der Waals surface area contributed by atoms with Crippen LogP contribution in [0.1, 0.15) is 37.3 Å². The van der Waals surface area contributed by atoms with Crippen molar-refractivity contribution < 1.29 is 23.8 Å². The number of benzene rings is 1. The summed E-state index contributed by atoms with van der Waals surface area (Å²) < 4.78 is 24.9. The fourth-order valence-electron chi connectivity index (χ4n) is 3.95. The Bertz CT molecular complexity index is 941. The number of aliphatic hydroxyl groups is 1. The minimum absolute atomic E-state index is 0.0321. The summed E-state index contributed by atoms with van der Waals surface area (Å²) in [5.74, 6) is 0.209. The maximum atomic E-state index is 13.4. The fraction of sp³-hybridized carbons (Fsp3) is 0.500. The lowest BCUT2D eigenvalue weighted by atomic mass is 10.0. The SMILES string of the molecule is C=CCN(CC(=O)N1CCc2sccc2[C@H]1COc1ccc(F)cc1)C[C@H](O)COC(C)(C)C. The molecule has 8 heteroatoms. The van der Waals surface area contributed by atoms with Gasteiger partial charge in [-0.25, -0.2) is 4.39 Å². The van der Waals surface area contributed by atoms with Gasteiger partial charge in [0.05, 0.1) is 30.9 Å². The molecule has 1 aliphatic rings. The molecule has 1 aromatic heterocycles. The lowest BCUT2D eigenvalue weighted by Gasteiger charge is -2.37. The molecule has 186 valence electrons. The molecule has 0 radical (unpaired) electrons. The van der Waals surface area contributed by atoms with E-state index in [1.807, 2.05) is 42.0 Å². The van der Waals surface area contributed by atoms with Crippen molar-refractivity contribution in [3.63, 3.8) is 0 Å². The van der Waals surface area contributed by atoms with Gasteiger partial charge in [0.2, 0.25) is 5.91 Å². The monoisotopic (exact) mass is 490 g/mol. The van der Waals surface area contributed by atoms with Crippen molar-refractivity contribution >= 4 is 17.2 Å². The van der Waals surface area contributed by atoms with E-state index in [9.17, 15) is 14.3 Å². The number of fused-ring (bicyclic) bond motifs is 1. The van der Waals surface area contributed by atoms with Crippen LogP contribution in [-0.2, 0) is 16.0 Å². The Labute approximate surface area is 205 Å². The zero-order valence-corrected chi connectivity index (χ0v) is 21.0. The zero-order chi connectivity index (χ0) is 24.7. The van der Waals surface area contributed by atoms with Gasteiger partial charge in [-0.1, -0.05) is 6.08 Å². The number of thiophene rings is 1. The Morgan fingerprint density at radius 3 is 2.76 bits per heavy atom. The van der Waals surface area contributed by atoms with Crippen LogP contribution in [0.2, 0.25) is 0 Å². The summed E-state index contributed by atoms with van der Waals surface area (Å²) in [6.45, 7) is 11.6. The quantitative estimate of drug-likeness (QED) is 0.482. The van der Waals surface area contributed by atoms with Crippen molar-refractivity contribution in [3.8, 4) is 5.75 Å². The van der Waals surface area contributed by atoms with Gasteiger partial charge in [0.15, 0.2) is 0 Å². The lowest BCUT2D eigenvalue weighted by molar-refractivity contribution is -0.136. The van der Waals surface area contributed by atoms with Crippen LogP contribution in [0.15, 0.2) is 48.4 Å². The van der Waals surface area contributed by atoms with E-state index in [1.165, 1.54) is 17.0 Å². The van der Waals surface area contributed by atoms with Crippen LogP contribution in [0.5, 0.6) is 5.75 Å². The van der Waals surface area contributed by atoms with Crippen molar-refractivity contribution in [1.82, 2.24) is 9.80 Å². The highest BCUT2D eigenvalue weighted by atomic mass is 32.1. The predicted octanol–water partition coefficient (Wildman–Crippen LogP) is 4.06. The normalized spacial score (nSPS) is 16.9. The standard InChI is InChI=1S/C26H35FN2O4S/c1-5-12-28(15-20(30)17-33-26(2,3)4)16-25(31)29-13-10-24-22(11-14-34-24)23(29)18-32-21-8-6-19(27)7-9-21/h5-9,11,14,20,23,30H,1,10,12-13,15-18H2,2-4H3/t20-,23+/m0/s1. The average molecular weight is 491 g/mol. The zero-order valence-electron chi connectivity index (χ0n) is 20.2. The number of hydrogen-bond donors (Lipinski definition) is 1. The molecule has 1 aliphatic heterocycles. The van der Waals surface area contributed by atoms with Crippen molar-refractivity contribution in [1.29, 1.82) is 0 Å². The van der Waals surface area contributed by atoms with Gasteiger partial charge in [0, 0.05) is 24.5 Å². The maximum Gasteiger partial charge on any atom is 0.237 e. The second kappa shape index (κ2) is 11.9. The molecule has 1 aromatic carbocycles. The molecular formula is C26H35FN2O4S. The van der Waals surface area contributed by atoms with Crippen molar-refractivity contribution in [2.24, 2.45) is 0 Å². The third-order valence-electron chi connectivity index (χ3n) is 5.56. The highest BCUT2D eigenvalue weighted by Gasteiger charge is 2.33. The molecule has 3 rings (SSSR count). The fourth-order valence-corrected chi connectivity index (χ4v) is 4.87. The summed E-state index contributed by atoms with van der Waals surface area (Å²) in [4.78, 5) is 18.4. The summed E-state index contributed by atoms with van der Waals surface area (Å²) in [5, 5.41) is 12.5. The van der Waals surface area contributed by atoms with Gasteiger partial charge in [-0.15, -0.1) is 17.9 Å². The molecule has 0 bridgehead atoms. The molecule has 2 atom stereocenters. The highest BCUT2D eigenvalue weighted by molar-refractivity contribution is 7.10. The van der Waals surface area contributed by atoms with E-state index < -0.39 is 6.10 Å². The second-order valence-electron chi connectivity index (χ2n) is 9.48. The van der Waals surface area contributed by atoms with Crippen molar-refractivity contribution in [2.45, 2.75) is 44.9 Å². The van der Waals surface area contributed by atoms with E-state index in [2.05, 4.69) is 6.58 Å². The molecule has 1 amide bonds. The van der Waals surface area contributed by atoms with Gasteiger partial charge in [-0.2, -0.15) is 0 Å². The molecule has 0 unspecified atom stereocenters. The molecule has 1 N–H and O–H groups in total. The number of carbonyl (C=O) groups excluding carboxylic acids is 1. The lowest BCUT2D eigenvalue weighted by Crippen LogP contribution is -2.48. The molecule has 0 aliphatic carbocycles. The molecule has 6 nitrogen and oxygen atoms in total. The first-order valence-corrected chi connectivity index (χ1v) is 12.4. The Balaban J connectivity index is 1.67. The molecular weight excluding hydrogens is 455 g/mol. The first-order valence-electron chi connectivity index (χ1n) is 11.6. The number of carbonyl (C=O) groups is 1. The van der Waals surface area contributed by atoms with Crippen LogP contribution < -0.4 is 4.74 Å². The van der Waals surface area contributed by atoms with Gasteiger partial charge >= 0.3 is 0 Å². The predicted molar refractivity (Wildman–Crippen MR) is 133 cm³/mol. The summed E-state index contributed by atoms with van der Waals surface area (Å²) in [5.41, 5.74) is 0.754. The summed E-state index contributed by atoms with van der Waals surface area (Å²) in [7, 11) is 0. The third-order valence-corrected chi connectivity index (χ3v) is 6.56. The number of aliphatic hydroxyl groups excluding tert-OH is 1.